The van der Waals surface area contributed by atoms with Gasteiger partial charge in [0.05, 0.1) is 0 Å². The first-order valence-electron chi connectivity index (χ1n) is 6.42. The lowest BCUT2D eigenvalue weighted by Gasteiger charge is -2.10. The van der Waals surface area contributed by atoms with Gasteiger partial charge in [0.2, 0.25) is 0 Å². The highest BCUT2D eigenvalue weighted by Gasteiger charge is 2.15. The molecule has 0 aromatic heterocycles. The predicted octanol–water partition coefficient (Wildman–Crippen LogP) is 2.29. The Morgan fingerprint density at radius 3 is 3.00 bits per heavy atom. The predicted molar refractivity (Wildman–Crippen MR) is 76.3 cm³/mol. The Morgan fingerprint density at radius 1 is 1.53 bits per heavy atom. The minimum absolute atomic E-state index is 0. The molecule has 1 aliphatic rings. The maximum absolute atomic E-state index is 13.1. The smallest absolute Gasteiger partial charge is 0.251 e. The van der Waals surface area contributed by atoms with Crippen molar-refractivity contribution in [1.82, 2.24) is 10.6 Å². The molecule has 5 heteroatoms. The monoisotopic (exact) mass is 286 g/mol. The van der Waals surface area contributed by atoms with Crippen molar-refractivity contribution in [2.24, 2.45) is 5.92 Å². The van der Waals surface area contributed by atoms with Gasteiger partial charge in [-0.1, -0.05) is 6.07 Å². The summed E-state index contributed by atoms with van der Waals surface area (Å²) in [4.78, 5) is 11.9. The van der Waals surface area contributed by atoms with Gasteiger partial charge in [-0.3, -0.25) is 4.79 Å². The lowest BCUT2D eigenvalue weighted by Crippen LogP contribution is -2.27. The Bertz CT molecular complexity index is 433. The van der Waals surface area contributed by atoms with Crippen molar-refractivity contribution in [2.45, 2.75) is 19.8 Å². The van der Waals surface area contributed by atoms with Crippen molar-refractivity contribution < 1.29 is 9.18 Å². The summed E-state index contributed by atoms with van der Waals surface area (Å²) in [5.41, 5.74) is 1.23. The van der Waals surface area contributed by atoms with Gasteiger partial charge in [0, 0.05) is 12.1 Å². The zero-order chi connectivity index (χ0) is 13.0. The number of benzene rings is 1. The van der Waals surface area contributed by atoms with E-state index in [1.807, 2.05) is 6.92 Å². The highest BCUT2D eigenvalue weighted by Crippen LogP contribution is 2.12. The first-order valence-corrected chi connectivity index (χ1v) is 6.42. The highest BCUT2D eigenvalue weighted by atomic mass is 35.5. The van der Waals surface area contributed by atoms with Crippen LogP contribution in [0.25, 0.3) is 0 Å². The second kappa shape index (κ2) is 7.46. The molecule has 3 nitrogen and oxygen atoms in total. The van der Waals surface area contributed by atoms with Crippen molar-refractivity contribution in [1.29, 1.82) is 0 Å². The molecule has 106 valence electrons. The summed E-state index contributed by atoms with van der Waals surface area (Å²) in [5.74, 6) is 0.0996. The largest absolute Gasteiger partial charge is 0.352 e. The quantitative estimate of drug-likeness (QED) is 0.892. The fourth-order valence-corrected chi connectivity index (χ4v) is 2.28. The molecule has 2 N–H and O–H groups in total. The average Bonchev–Trinajstić information content (AvgIpc) is 2.85. The number of aryl methyl sites for hydroxylation is 1. The third-order valence-corrected chi connectivity index (χ3v) is 3.44. The second-order valence-electron chi connectivity index (χ2n) is 4.86. The summed E-state index contributed by atoms with van der Waals surface area (Å²) < 4.78 is 13.1. The van der Waals surface area contributed by atoms with Gasteiger partial charge < -0.3 is 10.6 Å². The van der Waals surface area contributed by atoms with E-state index in [4.69, 9.17) is 0 Å². The van der Waals surface area contributed by atoms with Crippen LogP contribution in [-0.2, 0) is 0 Å². The number of carbonyl (C=O) groups excluding carboxylic acids is 1. The Balaban J connectivity index is 0.00000180. The molecule has 0 bridgehead atoms. The molecule has 1 heterocycles. The molecule has 1 aromatic rings. The van der Waals surface area contributed by atoms with Gasteiger partial charge in [-0.2, -0.15) is 0 Å². The fraction of sp³-hybridized carbons (Fsp3) is 0.500. The van der Waals surface area contributed by atoms with Crippen LogP contribution in [0.5, 0.6) is 0 Å². The number of nitrogens with one attached hydrogen (secondary N) is 2. The summed E-state index contributed by atoms with van der Waals surface area (Å²) >= 11 is 0. The molecular formula is C14H20ClFN2O. The summed E-state index contributed by atoms with van der Waals surface area (Å²) in [6.07, 6.45) is 2.15. The van der Waals surface area contributed by atoms with E-state index in [1.165, 1.54) is 18.6 Å². The number of amides is 1. The molecule has 0 saturated carbocycles. The van der Waals surface area contributed by atoms with Crippen LogP contribution in [0.15, 0.2) is 18.2 Å². The minimum Gasteiger partial charge on any atom is -0.352 e. The molecule has 1 aliphatic heterocycles. The number of carbonyl (C=O) groups is 1. The first-order chi connectivity index (χ1) is 8.66. The van der Waals surface area contributed by atoms with Crippen LogP contribution >= 0.6 is 12.4 Å². The average molecular weight is 287 g/mol. The summed E-state index contributed by atoms with van der Waals surface area (Å²) in [6.45, 7) is 4.58. The molecule has 0 aliphatic carbocycles. The lowest BCUT2D eigenvalue weighted by molar-refractivity contribution is 0.0950. The van der Waals surface area contributed by atoms with Gasteiger partial charge in [-0.15, -0.1) is 12.4 Å². The van der Waals surface area contributed by atoms with Gasteiger partial charge in [0.25, 0.3) is 5.91 Å². The van der Waals surface area contributed by atoms with E-state index in [-0.39, 0.29) is 24.1 Å². The SMILES string of the molecule is Cc1ccc(F)cc1C(=O)NCCC1CCNC1.Cl. The zero-order valence-corrected chi connectivity index (χ0v) is 11.9. The van der Waals surface area contributed by atoms with Crippen LogP contribution < -0.4 is 10.6 Å². The fourth-order valence-electron chi connectivity index (χ4n) is 2.28. The van der Waals surface area contributed by atoms with E-state index in [0.29, 0.717) is 18.0 Å². The maximum atomic E-state index is 13.1. The summed E-state index contributed by atoms with van der Waals surface area (Å²) in [7, 11) is 0. The van der Waals surface area contributed by atoms with Gasteiger partial charge in [-0.25, -0.2) is 4.39 Å². The van der Waals surface area contributed by atoms with Gasteiger partial charge >= 0.3 is 0 Å². The van der Waals surface area contributed by atoms with E-state index in [9.17, 15) is 9.18 Å². The van der Waals surface area contributed by atoms with Gasteiger partial charge in [0.1, 0.15) is 5.82 Å². The van der Waals surface area contributed by atoms with Crippen LogP contribution in [-0.4, -0.2) is 25.5 Å². The van der Waals surface area contributed by atoms with Crippen LogP contribution in [0.4, 0.5) is 4.39 Å². The van der Waals surface area contributed by atoms with Crippen LogP contribution in [0.3, 0.4) is 0 Å². The molecule has 0 spiro atoms. The van der Waals surface area contributed by atoms with Crippen LogP contribution in [0.1, 0.15) is 28.8 Å². The third-order valence-electron chi connectivity index (χ3n) is 3.44. The normalized spacial score (nSPS) is 17.9. The van der Waals surface area contributed by atoms with Crippen molar-refractivity contribution in [3.63, 3.8) is 0 Å². The molecule has 1 aromatic carbocycles. The maximum Gasteiger partial charge on any atom is 0.251 e. The van der Waals surface area contributed by atoms with Crippen molar-refractivity contribution in [2.75, 3.05) is 19.6 Å². The Morgan fingerprint density at radius 2 is 2.32 bits per heavy atom. The van der Waals surface area contributed by atoms with E-state index < -0.39 is 0 Å². The minimum atomic E-state index is -0.370. The van der Waals surface area contributed by atoms with Gasteiger partial charge in [0.15, 0.2) is 0 Å². The molecule has 0 radical (unpaired) electrons. The van der Waals surface area contributed by atoms with Crippen molar-refractivity contribution in [3.05, 3.63) is 35.1 Å². The Hall–Kier alpha value is -1.13. The number of rotatable bonds is 4. The molecule has 1 atom stereocenters. The van der Waals surface area contributed by atoms with Crippen LogP contribution in [0, 0.1) is 18.7 Å². The van der Waals surface area contributed by atoms with Crippen molar-refractivity contribution in [3.8, 4) is 0 Å². The number of halogens is 2. The topological polar surface area (TPSA) is 41.1 Å². The number of hydrogen-bond acceptors (Lipinski definition) is 2. The zero-order valence-electron chi connectivity index (χ0n) is 11.0. The second-order valence-corrected chi connectivity index (χ2v) is 4.86. The lowest BCUT2D eigenvalue weighted by atomic mass is 10.0. The molecule has 19 heavy (non-hydrogen) atoms. The van der Waals surface area contributed by atoms with Crippen LogP contribution in [0.2, 0.25) is 0 Å². The van der Waals surface area contributed by atoms with Gasteiger partial charge in [-0.05, 0) is 56.5 Å². The summed E-state index contributed by atoms with van der Waals surface area (Å²) in [6, 6.07) is 4.29. The van der Waals surface area contributed by atoms with E-state index in [2.05, 4.69) is 10.6 Å². The molecule has 1 unspecified atom stereocenters. The molecule has 2 rings (SSSR count). The molecular weight excluding hydrogens is 267 g/mol. The standard InChI is InChI=1S/C14H19FN2O.ClH/c1-10-2-3-12(15)8-13(10)14(18)17-7-5-11-4-6-16-9-11;/h2-3,8,11,16H,4-7,9H2,1H3,(H,17,18);1H. The van der Waals surface area contributed by atoms with E-state index >= 15 is 0 Å². The molecule has 1 amide bonds. The highest BCUT2D eigenvalue weighted by molar-refractivity contribution is 5.95. The molecule has 1 saturated heterocycles. The molecule has 1 fully saturated rings. The van der Waals surface area contributed by atoms with E-state index in [0.717, 1.165) is 25.1 Å². The Labute approximate surface area is 119 Å². The van der Waals surface area contributed by atoms with E-state index in [1.54, 1.807) is 6.07 Å². The summed E-state index contributed by atoms with van der Waals surface area (Å²) in [5, 5.41) is 6.16. The Kier molecular flexibility index (Phi) is 6.25. The van der Waals surface area contributed by atoms with Crippen molar-refractivity contribution >= 4 is 18.3 Å². The third kappa shape index (κ3) is 4.48. The first kappa shape index (κ1) is 15.9. The number of hydrogen-bond donors (Lipinski definition) is 2.